The molecule has 2 N–H and O–H groups in total. The van der Waals surface area contributed by atoms with Crippen LogP contribution in [0.4, 0.5) is 4.39 Å². The fraction of sp³-hybridized carbons (Fsp3) is 0.389. The highest BCUT2D eigenvalue weighted by Crippen LogP contribution is 2.33. The van der Waals surface area contributed by atoms with E-state index in [4.69, 9.17) is 0 Å². The van der Waals surface area contributed by atoms with E-state index in [0.717, 1.165) is 36.9 Å². The predicted octanol–water partition coefficient (Wildman–Crippen LogP) is 2.09. The summed E-state index contributed by atoms with van der Waals surface area (Å²) in [4.78, 5) is 24.0. The first-order valence-electron chi connectivity index (χ1n) is 8.45. The number of hydrogen-bond donors (Lipinski definition) is 2. The summed E-state index contributed by atoms with van der Waals surface area (Å²) >= 11 is 0. The quantitative estimate of drug-likeness (QED) is 0.871. The van der Waals surface area contributed by atoms with Gasteiger partial charge in [-0.05, 0) is 50.2 Å². The highest BCUT2D eigenvalue weighted by atomic mass is 19.1. The van der Waals surface area contributed by atoms with Gasteiger partial charge < -0.3 is 10.4 Å². The van der Waals surface area contributed by atoms with Gasteiger partial charge in [0.2, 0.25) is 0 Å². The number of hydrogen-bond acceptors (Lipinski definition) is 3. The van der Waals surface area contributed by atoms with E-state index in [1.54, 1.807) is 18.2 Å². The van der Waals surface area contributed by atoms with E-state index >= 15 is 0 Å². The number of halogens is 1. The average Bonchev–Trinajstić information content (AvgIpc) is 3.19. The molecule has 4 rings (SSSR count). The molecule has 1 atom stereocenters. The van der Waals surface area contributed by atoms with Gasteiger partial charge in [0.15, 0.2) is 5.69 Å². The summed E-state index contributed by atoms with van der Waals surface area (Å²) in [6.07, 6.45) is 3.88. The third-order valence-corrected chi connectivity index (χ3v) is 4.87. The van der Waals surface area contributed by atoms with Crippen LogP contribution in [0.15, 0.2) is 24.3 Å². The second-order valence-corrected chi connectivity index (χ2v) is 6.62. The maximum Gasteiger partial charge on any atom is 0.326 e. The van der Waals surface area contributed by atoms with Crippen molar-refractivity contribution in [2.24, 2.45) is 5.92 Å². The van der Waals surface area contributed by atoms with Crippen LogP contribution in [0.1, 0.15) is 41.0 Å². The topological polar surface area (TPSA) is 84.2 Å². The van der Waals surface area contributed by atoms with Crippen molar-refractivity contribution in [1.29, 1.82) is 0 Å². The maximum atomic E-state index is 14.1. The predicted molar refractivity (Wildman–Crippen MR) is 87.2 cm³/mol. The Kier molecular flexibility index (Phi) is 3.78. The number of amides is 1. The standard InChI is InChI=1S/C18H18FN3O3/c19-12-5-1-2-6-14(12)22-13-7-3-4-11(13)16(21-22)17(23)20-15(18(24)25)10-8-9-10/h1-2,5-6,10,15H,3-4,7-9H2,(H,20,23)(H,24,25). The molecule has 1 aromatic carbocycles. The minimum Gasteiger partial charge on any atom is -0.480 e. The van der Waals surface area contributed by atoms with Crippen molar-refractivity contribution in [3.63, 3.8) is 0 Å². The highest BCUT2D eigenvalue weighted by Gasteiger charge is 2.38. The fourth-order valence-electron chi connectivity index (χ4n) is 3.46. The highest BCUT2D eigenvalue weighted by molar-refractivity contribution is 5.96. The summed E-state index contributed by atoms with van der Waals surface area (Å²) in [7, 11) is 0. The van der Waals surface area contributed by atoms with Crippen LogP contribution in [0.25, 0.3) is 5.69 Å². The number of carbonyl (C=O) groups excluding carboxylic acids is 1. The van der Waals surface area contributed by atoms with Gasteiger partial charge in [0.05, 0.1) is 0 Å². The summed E-state index contributed by atoms with van der Waals surface area (Å²) in [5.74, 6) is -1.94. The normalized spacial score (nSPS) is 17.2. The molecule has 1 amide bonds. The molecule has 1 heterocycles. The Morgan fingerprint density at radius 2 is 2.04 bits per heavy atom. The molecule has 1 unspecified atom stereocenters. The number of carbonyl (C=O) groups is 2. The molecule has 2 aliphatic rings. The number of para-hydroxylation sites is 1. The van der Waals surface area contributed by atoms with Gasteiger partial charge in [0.25, 0.3) is 5.91 Å². The van der Waals surface area contributed by atoms with Crippen molar-refractivity contribution >= 4 is 11.9 Å². The zero-order valence-electron chi connectivity index (χ0n) is 13.5. The average molecular weight is 343 g/mol. The van der Waals surface area contributed by atoms with Crippen molar-refractivity contribution in [3.05, 3.63) is 47.0 Å². The van der Waals surface area contributed by atoms with Gasteiger partial charge in [-0.2, -0.15) is 5.10 Å². The number of benzene rings is 1. The van der Waals surface area contributed by atoms with Gasteiger partial charge >= 0.3 is 5.97 Å². The van der Waals surface area contributed by atoms with Gasteiger partial charge in [0.1, 0.15) is 17.5 Å². The number of aliphatic carboxylic acids is 1. The van der Waals surface area contributed by atoms with E-state index in [1.807, 2.05) is 0 Å². The number of aromatic nitrogens is 2. The zero-order chi connectivity index (χ0) is 17.6. The van der Waals surface area contributed by atoms with Crippen molar-refractivity contribution in [3.8, 4) is 5.69 Å². The van der Waals surface area contributed by atoms with Crippen molar-refractivity contribution < 1.29 is 19.1 Å². The van der Waals surface area contributed by atoms with Crippen LogP contribution in [0.2, 0.25) is 0 Å². The van der Waals surface area contributed by atoms with Crippen LogP contribution < -0.4 is 5.32 Å². The van der Waals surface area contributed by atoms with Gasteiger partial charge in [-0.3, -0.25) is 4.79 Å². The van der Waals surface area contributed by atoms with Crippen LogP contribution in [0, 0.1) is 11.7 Å². The van der Waals surface area contributed by atoms with Crippen molar-refractivity contribution in [1.82, 2.24) is 15.1 Å². The van der Waals surface area contributed by atoms with Gasteiger partial charge in [-0.15, -0.1) is 0 Å². The number of nitrogens with zero attached hydrogens (tertiary/aromatic N) is 2. The van der Waals surface area contributed by atoms with Gasteiger partial charge in [-0.25, -0.2) is 13.9 Å². The second-order valence-electron chi connectivity index (χ2n) is 6.62. The third kappa shape index (κ3) is 2.79. The molecule has 7 heteroatoms. The molecule has 2 aromatic rings. The lowest BCUT2D eigenvalue weighted by molar-refractivity contribution is -0.139. The van der Waals surface area contributed by atoms with E-state index in [9.17, 15) is 19.1 Å². The molecule has 0 spiro atoms. The fourth-order valence-corrected chi connectivity index (χ4v) is 3.46. The zero-order valence-corrected chi connectivity index (χ0v) is 13.5. The first kappa shape index (κ1) is 15.8. The molecule has 130 valence electrons. The lowest BCUT2D eigenvalue weighted by Crippen LogP contribution is -2.42. The smallest absolute Gasteiger partial charge is 0.326 e. The molecule has 0 aliphatic heterocycles. The monoisotopic (exact) mass is 343 g/mol. The molecule has 25 heavy (non-hydrogen) atoms. The lowest BCUT2D eigenvalue weighted by atomic mass is 10.1. The number of rotatable bonds is 5. The molecular weight excluding hydrogens is 325 g/mol. The molecule has 6 nitrogen and oxygen atoms in total. The van der Waals surface area contributed by atoms with Gasteiger partial charge in [0, 0.05) is 11.3 Å². The van der Waals surface area contributed by atoms with Crippen molar-refractivity contribution in [2.45, 2.75) is 38.1 Å². The number of carboxylic acid groups (broad SMARTS) is 1. The Balaban J connectivity index is 1.69. The molecule has 1 fully saturated rings. The molecule has 0 saturated heterocycles. The largest absolute Gasteiger partial charge is 0.480 e. The van der Waals surface area contributed by atoms with E-state index < -0.39 is 23.7 Å². The summed E-state index contributed by atoms with van der Waals surface area (Å²) in [5, 5.41) is 16.2. The lowest BCUT2D eigenvalue weighted by Gasteiger charge is -2.12. The molecule has 0 radical (unpaired) electrons. The first-order chi connectivity index (χ1) is 12.1. The Hall–Kier alpha value is -2.70. The van der Waals surface area contributed by atoms with Gasteiger partial charge in [-0.1, -0.05) is 12.1 Å². The molecule has 1 saturated carbocycles. The molecular formula is C18H18FN3O3. The van der Waals surface area contributed by atoms with E-state index in [0.29, 0.717) is 12.1 Å². The number of nitrogens with one attached hydrogen (secondary N) is 1. The van der Waals surface area contributed by atoms with Crippen LogP contribution in [0.5, 0.6) is 0 Å². The van der Waals surface area contributed by atoms with Crippen molar-refractivity contribution in [2.75, 3.05) is 0 Å². The van der Waals surface area contributed by atoms with E-state index in [-0.39, 0.29) is 11.6 Å². The second kappa shape index (κ2) is 5.98. The Labute approximate surface area is 143 Å². The minimum absolute atomic E-state index is 0.0110. The van der Waals surface area contributed by atoms with Crippen LogP contribution in [0.3, 0.4) is 0 Å². The van der Waals surface area contributed by atoms with E-state index in [1.165, 1.54) is 10.7 Å². The Morgan fingerprint density at radius 3 is 2.72 bits per heavy atom. The Bertz CT molecular complexity index is 857. The van der Waals surface area contributed by atoms with Crippen LogP contribution in [-0.2, 0) is 17.6 Å². The Morgan fingerprint density at radius 1 is 1.28 bits per heavy atom. The summed E-state index contributed by atoms with van der Waals surface area (Å²) in [5.41, 5.74) is 2.13. The SMILES string of the molecule is O=C(NC(C(=O)O)C1CC1)c1nn(-c2ccccc2F)c2c1CCC2. The summed E-state index contributed by atoms with van der Waals surface area (Å²) < 4.78 is 15.6. The summed E-state index contributed by atoms with van der Waals surface area (Å²) in [6.45, 7) is 0. The van der Waals surface area contributed by atoms with E-state index in [2.05, 4.69) is 10.4 Å². The molecule has 0 bridgehead atoms. The number of fused-ring (bicyclic) bond motifs is 1. The third-order valence-electron chi connectivity index (χ3n) is 4.87. The molecule has 1 aromatic heterocycles. The van der Waals surface area contributed by atoms with Crippen LogP contribution >= 0.6 is 0 Å². The van der Waals surface area contributed by atoms with Crippen LogP contribution in [-0.4, -0.2) is 32.8 Å². The number of carboxylic acids is 1. The first-order valence-corrected chi connectivity index (χ1v) is 8.45. The maximum absolute atomic E-state index is 14.1. The summed E-state index contributed by atoms with van der Waals surface area (Å²) in [6, 6.07) is 5.40. The molecule has 2 aliphatic carbocycles. The minimum atomic E-state index is -1.03.